The first-order chi connectivity index (χ1) is 9.04. The van der Waals surface area contributed by atoms with Crippen LogP contribution in [0.15, 0.2) is 24.3 Å². The first-order valence-corrected chi connectivity index (χ1v) is 7.24. The molecule has 0 aliphatic carbocycles. The molecule has 0 radical (unpaired) electrons. The summed E-state index contributed by atoms with van der Waals surface area (Å²) in [6, 6.07) is 8.24. The fourth-order valence-corrected chi connectivity index (χ4v) is 2.51. The normalized spacial score (nSPS) is 12.4. The second kappa shape index (κ2) is 5.81. The molecule has 2 N–H and O–H groups in total. The zero-order valence-electron chi connectivity index (χ0n) is 11.4. The van der Waals surface area contributed by atoms with Crippen molar-refractivity contribution >= 4 is 28.4 Å². The van der Waals surface area contributed by atoms with Crippen molar-refractivity contribution < 1.29 is 4.74 Å². The van der Waals surface area contributed by atoms with Crippen LogP contribution >= 0.6 is 22.6 Å². The van der Waals surface area contributed by atoms with E-state index in [1.54, 1.807) is 7.11 Å². The van der Waals surface area contributed by atoms with Gasteiger partial charge in [0.05, 0.1) is 22.4 Å². The summed E-state index contributed by atoms with van der Waals surface area (Å²) in [6.07, 6.45) is 0.839. The number of nitrogen functional groups attached to an aromatic ring is 1. The van der Waals surface area contributed by atoms with E-state index in [0.717, 1.165) is 27.3 Å². The Hall–Kier alpha value is -1.24. The van der Waals surface area contributed by atoms with Gasteiger partial charge < -0.3 is 10.5 Å². The third-order valence-electron chi connectivity index (χ3n) is 3.17. The number of nitrogens with two attached hydrogens (primary N) is 1. The van der Waals surface area contributed by atoms with E-state index in [2.05, 4.69) is 40.7 Å². The van der Waals surface area contributed by atoms with Crippen molar-refractivity contribution in [2.75, 3.05) is 12.8 Å². The lowest BCUT2D eigenvalue weighted by molar-refractivity contribution is 0.402. The fourth-order valence-electron chi connectivity index (χ4n) is 2.16. The van der Waals surface area contributed by atoms with Crippen molar-refractivity contribution in [1.82, 2.24) is 9.78 Å². The minimum Gasteiger partial charge on any atom is -0.496 e. The molecule has 1 atom stereocenters. The van der Waals surface area contributed by atoms with Crippen molar-refractivity contribution in [1.29, 1.82) is 0 Å². The number of benzene rings is 1. The molecule has 0 saturated carbocycles. The van der Waals surface area contributed by atoms with Gasteiger partial charge in [-0.05, 0) is 54.5 Å². The van der Waals surface area contributed by atoms with Crippen LogP contribution in [0.4, 0.5) is 5.82 Å². The highest BCUT2D eigenvalue weighted by Crippen LogP contribution is 2.27. The predicted octanol–water partition coefficient (Wildman–Crippen LogP) is 3.19. The molecule has 102 valence electrons. The van der Waals surface area contributed by atoms with Gasteiger partial charge in [0, 0.05) is 0 Å². The third kappa shape index (κ3) is 2.86. The first kappa shape index (κ1) is 14.2. The van der Waals surface area contributed by atoms with Crippen LogP contribution in [0, 0.1) is 10.5 Å². The van der Waals surface area contributed by atoms with E-state index in [1.807, 2.05) is 29.8 Å². The van der Waals surface area contributed by atoms with Gasteiger partial charge in [-0.1, -0.05) is 18.2 Å². The molecule has 0 spiro atoms. The van der Waals surface area contributed by atoms with E-state index in [0.29, 0.717) is 0 Å². The molecule has 1 aromatic carbocycles. The highest BCUT2D eigenvalue weighted by atomic mass is 127. The summed E-state index contributed by atoms with van der Waals surface area (Å²) >= 11 is 2.24. The summed E-state index contributed by atoms with van der Waals surface area (Å²) in [5, 5.41) is 4.50. The first-order valence-electron chi connectivity index (χ1n) is 6.16. The maximum absolute atomic E-state index is 6.09. The molecule has 1 aromatic heterocycles. The summed E-state index contributed by atoms with van der Waals surface area (Å²) in [4.78, 5) is 0. The van der Waals surface area contributed by atoms with Crippen LogP contribution in [-0.2, 0) is 6.42 Å². The molecule has 4 nitrogen and oxygen atoms in total. The van der Waals surface area contributed by atoms with E-state index >= 15 is 0 Å². The van der Waals surface area contributed by atoms with Crippen molar-refractivity contribution in [3.05, 3.63) is 39.1 Å². The predicted molar refractivity (Wildman–Crippen MR) is 85.5 cm³/mol. The number of aryl methyl sites for hydroxylation is 1. The molecular weight excluding hydrogens is 353 g/mol. The second-order valence-electron chi connectivity index (χ2n) is 4.59. The Morgan fingerprint density at radius 1 is 1.42 bits per heavy atom. The smallest absolute Gasteiger partial charge is 0.135 e. The van der Waals surface area contributed by atoms with Gasteiger partial charge in [-0.2, -0.15) is 5.10 Å². The van der Waals surface area contributed by atoms with E-state index in [9.17, 15) is 0 Å². The molecule has 0 aliphatic heterocycles. The monoisotopic (exact) mass is 371 g/mol. The van der Waals surface area contributed by atoms with Gasteiger partial charge in [0.15, 0.2) is 0 Å². The summed E-state index contributed by atoms with van der Waals surface area (Å²) in [5.74, 6) is 1.65. The molecule has 2 rings (SSSR count). The molecule has 2 aromatic rings. The highest BCUT2D eigenvalue weighted by Gasteiger charge is 2.16. The van der Waals surface area contributed by atoms with E-state index in [-0.39, 0.29) is 6.04 Å². The zero-order chi connectivity index (χ0) is 14.0. The lowest BCUT2D eigenvalue weighted by atomic mass is 10.1. The third-order valence-corrected chi connectivity index (χ3v) is 4.51. The lowest BCUT2D eigenvalue weighted by Gasteiger charge is -2.16. The maximum Gasteiger partial charge on any atom is 0.135 e. The maximum atomic E-state index is 6.09. The summed E-state index contributed by atoms with van der Waals surface area (Å²) in [5.41, 5.74) is 8.23. The van der Waals surface area contributed by atoms with Crippen LogP contribution in [0.3, 0.4) is 0 Å². The molecule has 0 aliphatic rings. The van der Waals surface area contributed by atoms with Crippen LogP contribution in [0.1, 0.15) is 24.2 Å². The topological polar surface area (TPSA) is 53.1 Å². The summed E-state index contributed by atoms with van der Waals surface area (Å²) in [6.45, 7) is 4.09. The van der Waals surface area contributed by atoms with Crippen LogP contribution in [0.2, 0.25) is 0 Å². The number of ether oxygens (including phenoxy) is 1. The molecular formula is C14H18IN3O. The standard InChI is InChI=1S/C14H18IN3O/c1-9(18-14(16)13(15)10(2)17-18)8-11-6-4-5-7-12(11)19-3/h4-7,9H,8,16H2,1-3H3. The molecule has 0 saturated heterocycles. The number of nitrogens with zero attached hydrogens (tertiary/aromatic N) is 2. The SMILES string of the molecule is COc1ccccc1CC(C)n1nc(C)c(I)c1N. The van der Waals surface area contributed by atoms with Gasteiger partial charge in [-0.15, -0.1) is 0 Å². The Morgan fingerprint density at radius 2 is 2.11 bits per heavy atom. The molecule has 19 heavy (non-hydrogen) atoms. The van der Waals surface area contributed by atoms with Crippen molar-refractivity contribution in [3.63, 3.8) is 0 Å². The number of rotatable bonds is 4. The fraction of sp³-hybridized carbons (Fsp3) is 0.357. The quantitative estimate of drug-likeness (QED) is 0.840. The largest absolute Gasteiger partial charge is 0.496 e. The van der Waals surface area contributed by atoms with Gasteiger partial charge in [-0.25, -0.2) is 4.68 Å². The van der Waals surface area contributed by atoms with Crippen LogP contribution in [0.25, 0.3) is 0 Å². The summed E-state index contributed by atoms with van der Waals surface area (Å²) < 4.78 is 8.30. The molecule has 1 heterocycles. The highest BCUT2D eigenvalue weighted by molar-refractivity contribution is 14.1. The van der Waals surface area contributed by atoms with E-state index < -0.39 is 0 Å². The van der Waals surface area contributed by atoms with Gasteiger partial charge in [0.2, 0.25) is 0 Å². The van der Waals surface area contributed by atoms with Gasteiger partial charge >= 0.3 is 0 Å². The van der Waals surface area contributed by atoms with Crippen LogP contribution in [0.5, 0.6) is 5.75 Å². The Kier molecular flexibility index (Phi) is 4.34. The molecule has 5 heteroatoms. The Balaban J connectivity index is 2.25. The minimum atomic E-state index is 0.193. The molecule has 0 bridgehead atoms. The number of anilines is 1. The van der Waals surface area contributed by atoms with E-state index in [1.165, 1.54) is 5.56 Å². The van der Waals surface area contributed by atoms with Crippen molar-refractivity contribution in [2.45, 2.75) is 26.3 Å². The lowest BCUT2D eigenvalue weighted by Crippen LogP contribution is -2.13. The number of hydrogen-bond acceptors (Lipinski definition) is 3. The number of para-hydroxylation sites is 1. The van der Waals surface area contributed by atoms with Gasteiger partial charge in [0.1, 0.15) is 11.6 Å². The molecule has 1 unspecified atom stereocenters. The van der Waals surface area contributed by atoms with Crippen LogP contribution < -0.4 is 10.5 Å². The van der Waals surface area contributed by atoms with Crippen molar-refractivity contribution in [3.8, 4) is 5.75 Å². The Morgan fingerprint density at radius 3 is 2.68 bits per heavy atom. The summed E-state index contributed by atoms with van der Waals surface area (Å²) in [7, 11) is 1.69. The Bertz CT molecular complexity index is 580. The average Bonchev–Trinajstić information content (AvgIpc) is 2.67. The van der Waals surface area contributed by atoms with E-state index in [4.69, 9.17) is 10.5 Å². The zero-order valence-corrected chi connectivity index (χ0v) is 13.5. The van der Waals surface area contributed by atoms with Crippen LogP contribution in [-0.4, -0.2) is 16.9 Å². The van der Waals surface area contributed by atoms with Gasteiger partial charge in [-0.3, -0.25) is 0 Å². The molecule has 0 fully saturated rings. The second-order valence-corrected chi connectivity index (χ2v) is 5.67. The Labute approximate surface area is 127 Å². The van der Waals surface area contributed by atoms with Crippen molar-refractivity contribution in [2.24, 2.45) is 0 Å². The number of aromatic nitrogens is 2. The minimum absolute atomic E-state index is 0.193. The number of methoxy groups -OCH3 is 1. The average molecular weight is 371 g/mol. The van der Waals surface area contributed by atoms with Gasteiger partial charge in [0.25, 0.3) is 0 Å². The number of halogens is 1. The number of hydrogen-bond donors (Lipinski definition) is 1. The molecule has 0 amide bonds.